The SMILES string of the molecule is CNCC(Cc1ccc2ccccc2c1)N(C)C[C@@H](Cc1ccc2ccccc2c1)NC(=O)c1cc(OC)c(OC)c(OC)c1. The first-order valence-corrected chi connectivity index (χ1v) is 15.3. The summed E-state index contributed by atoms with van der Waals surface area (Å²) in [5.74, 6) is 1.13. The molecule has 0 saturated heterocycles. The fourth-order valence-electron chi connectivity index (χ4n) is 6.05. The first kappa shape index (κ1) is 31.8. The van der Waals surface area contributed by atoms with Crippen LogP contribution in [0.3, 0.4) is 0 Å². The maximum atomic E-state index is 13.8. The molecular weight excluding hydrogens is 562 g/mol. The Bertz CT molecular complexity index is 1730. The third kappa shape index (κ3) is 7.74. The maximum absolute atomic E-state index is 13.8. The van der Waals surface area contributed by atoms with E-state index in [9.17, 15) is 4.79 Å². The van der Waals surface area contributed by atoms with Crippen LogP contribution in [-0.4, -0.2) is 71.4 Å². The standard InChI is InChI=1S/C38H43N3O4/c1-39-24-34(21-27-15-17-29-11-7-9-13-31(29)19-27)41(2)25-33(20-26-14-16-28-10-6-8-12-30(28)18-26)40-38(42)32-22-35(43-3)37(45-5)36(23-32)44-4/h6-19,22-23,33-34,39H,20-21,24-25H2,1-5H3,(H,40,42)/t33-,34?/m1/s1. The van der Waals surface area contributed by atoms with Crippen LogP contribution in [-0.2, 0) is 12.8 Å². The zero-order chi connectivity index (χ0) is 31.8. The highest BCUT2D eigenvalue weighted by molar-refractivity contribution is 5.96. The molecule has 0 bridgehead atoms. The summed E-state index contributed by atoms with van der Waals surface area (Å²) in [7, 11) is 8.78. The van der Waals surface area contributed by atoms with Crippen molar-refractivity contribution in [2.75, 3.05) is 48.5 Å². The van der Waals surface area contributed by atoms with Gasteiger partial charge in [-0.2, -0.15) is 0 Å². The normalized spacial score (nSPS) is 12.7. The Morgan fingerprint density at radius 3 is 1.76 bits per heavy atom. The molecule has 234 valence electrons. The summed E-state index contributed by atoms with van der Waals surface area (Å²) in [5.41, 5.74) is 2.89. The van der Waals surface area contributed by atoms with Crippen molar-refractivity contribution in [3.63, 3.8) is 0 Å². The van der Waals surface area contributed by atoms with E-state index in [2.05, 4.69) is 108 Å². The van der Waals surface area contributed by atoms with Gasteiger partial charge in [0.25, 0.3) is 5.91 Å². The van der Waals surface area contributed by atoms with E-state index in [-0.39, 0.29) is 18.0 Å². The number of fused-ring (bicyclic) bond motifs is 2. The van der Waals surface area contributed by atoms with Gasteiger partial charge in [-0.05, 0) is 71.7 Å². The Hall–Kier alpha value is -4.59. The number of carbonyl (C=O) groups excluding carboxylic acids is 1. The van der Waals surface area contributed by atoms with Gasteiger partial charge in [0.1, 0.15) is 0 Å². The second kappa shape index (κ2) is 14.9. The van der Waals surface area contributed by atoms with Crippen LogP contribution in [0.2, 0.25) is 0 Å². The number of methoxy groups -OCH3 is 3. The molecule has 5 rings (SSSR count). The van der Waals surface area contributed by atoms with Crippen LogP contribution in [0.25, 0.3) is 21.5 Å². The number of hydrogen-bond acceptors (Lipinski definition) is 6. The van der Waals surface area contributed by atoms with Gasteiger partial charge in [0.05, 0.1) is 21.3 Å². The summed E-state index contributed by atoms with van der Waals surface area (Å²) >= 11 is 0. The van der Waals surface area contributed by atoms with E-state index < -0.39 is 0 Å². The molecular formula is C38H43N3O4. The number of likely N-dealkylation sites (N-methyl/N-ethyl adjacent to an activating group) is 2. The van der Waals surface area contributed by atoms with E-state index in [1.165, 1.54) is 27.1 Å². The first-order valence-electron chi connectivity index (χ1n) is 15.3. The summed E-state index contributed by atoms with van der Waals surface area (Å²) in [5, 5.41) is 11.6. The van der Waals surface area contributed by atoms with Crippen molar-refractivity contribution in [3.8, 4) is 17.2 Å². The van der Waals surface area contributed by atoms with Gasteiger partial charge < -0.3 is 24.8 Å². The molecule has 1 amide bonds. The zero-order valence-electron chi connectivity index (χ0n) is 26.8. The molecule has 2 atom stereocenters. The fraction of sp³-hybridized carbons (Fsp3) is 0.289. The van der Waals surface area contributed by atoms with Gasteiger partial charge in [0.2, 0.25) is 5.75 Å². The van der Waals surface area contributed by atoms with E-state index in [1.54, 1.807) is 33.5 Å². The number of ether oxygens (including phenoxy) is 3. The quantitative estimate of drug-likeness (QED) is 0.159. The van der Waals surface area contributed by atoms with Crippen LogP contribution in [0, 0.1) is 0 Å². The Labute approximate surface area is 266 Å². The monoisotopic (exact) mass is 605 g/mol. The lowest BCUT2D eigenvalue weighted by molar-refractivity contribution is 0.0920. The van der Waals surface area contributed by atoms with Gasteiger partial charge in [-0.3, -0.25) is 9.69 Å². The van der Waals surface area contributed by atoms with Crippen molar-refractivity contribution in [1.29, 1.82) is 0 Å². The summed E-state index contributed by atoms with van der Waals surface area (Å²) < 4.78 is 16.5. The van der Waals surface area contributed by atoms with Crippen LogP contribution < -0.4 is 24.8 Å². The summed E-state index contributed by atoms with van der Waals surface area (Å²) in [6.07, 6.45) is 1.55. The average molecular weight is 606 g/mol. The molecule has 0 spiro atoms. The summed E-state index contributed by atoms with van der Waals surface area (Å²) in [6.45, 7) is 1.47. The minimum absolute atomic E-state index is 0.168. The number of nitrogens with zero attached hydrogens (tertiary/aromatic N) is 1. The lowest BCUT2D eigenvalue weighted by atomic mass is 9.98. The van der Waals surface area contributed by atoms with Crippen LogP contribution in [0.4, 0.5) is 0 Å². The third-order valence-corrected chi connectivity index (χ3v) is 8.41. The molecule has 5 aromatic carbocycles. The molecule has 45 heavy (non-hydrogen) atoms. The summed E-state index contributed by atoms with van der Waals surface area (Å²) in [6, 6.07) is 33.5. The van der Waals surface area contributed by atoms with E-state index in [1.807, 2.05) is 7.05 Å². The van der Waals surface area contributed by atoms with Crippen molar-refractivity contribution in [3.05, 3.63) is 114 Å². The van der Waals surface area contributed by atoms with Crippen molar-refractivity contribution >= 4 is 27.5 Å². The molecule has 0 saturated carbocycles. The number of hydrogen-bond donors (Lipinski definition) is 2. The molecule has 0 aliphatic rings. The van der Waals surface area contributed by atoms with Gasteiger partial charge >= 0.3 is 0 Å². The molecule has 0 fully saturated rings. The van der Waals surface area contributed by atoms with Gasteiger partial charge in [0.15, 0.2) is 11.5 Å². The van der Waals surface area contributed by atoms with Crippen LogP contribution in [0.5, 0.6) is 17.2 Å². The summed E-state index contributed by atoms with van der Waals surface area (Å²) in [4.78, 5) is 16.1. The number of amides is 1. The fourth-order valence-corrected chi connectivity index (χ4v) is 6.05. The maximum Gasteiger partial charge on any atom is 0.251 e. The highest BCUT2D eigenvalue weighted by atomic mass is 16.5. The van der Waals surface area contributed by atoms with Crippen molar-refractivity contribution in [1.82, 2.24) is 15.5 Å². The predicted octanol–water partition coefficient (Wildman–Crippen LogP) is 6.12. The van der Waals surface area contributed by atoms with Gasteiger partial charge in [-0.1, -0.05) is 84.9 Å². The molecule has 7 heteroatoms. The molecule has 5 aromatic rings. The molecule has 1 unspecified atom stereocenters. The molecule has 0 heterocycles. The predicted molar refractivity (Wildman–Crippen MR) is 183 cm³/mol. The number of nitrogens with one attached hydrogen (secondary N) is 2. The minimum atomic E-state index is -0.201. The lowest BCUT2D eigenvalue weighted by Gasteiger charge is -2.32. The highest BCUT2D eigenvalue weighted by Gasteiger charge is 2.23. The Balaban J connectivity index is 1.41. The van der Waals surface area contributed by atoms with Gasteiger partial charge in [-0.25, -0.2) is 0 Å². The Morgan fingerprint density at radius 1 is 0.711 bits per heavy atom. The first-order chi connectivity index (χ1) is 21.9. The molecule has 2 N–H and O–H groups in total. The minimum Gasteiger partial charge on any atom is -0.493 e. The van der Waals surface area contributed by atoms with Crippen LogP contribution >= 0.6 is 0 Å². The molecule has 7 nitrogen and oxygen atoms in total. The van der Waals surface area contributed by atoms with Crippen molar-refractivity contribution in [2.45, 2.75) is 24.9 Å². The molecule has 0 aliphatic carbocycles. The second-order valence-corrected chi connectivity index (χ2v) is 11.5. The van der Waals surface area contributed by atoms with Gasteiger partial charge in [0, 0.05) is 30.7 Å². The molecule has 0 radical (unpaired) electrons. The second-order valence-electron chi connectivity index (χ2n) is 11.5. The molecule has 0 aliphatic heterocycles. The zero-order valence-corrected chi connectivity index (χ0v) is 26.8. The largest absolute Gasteiger partial charge is 0.493 e. The molecule has 0 aromatic heterocycles. The van der Waals surface area contributed by atoms with Crippen LogP contribution in [0.1, 0.15) is 21.5 Å². The van der Waals surface area contributed by atoms with E-state index >= 15 is 0 Å². The van der Waals surface area contributed by atoms with Crippen molar-refractivity contribution < 1.29 is 19.0 Å². The smallest absolute Gasteiger partial charge is 0.251 e. The Kier molecular flexibility index (Phi) is 10.6. The number of carbonyl (C=O) groups is 1. The number of benzene rings is 5. The highest BCUT2D eigenvalue weighted by Crippen LogP contribution is 2.38. The van der Waals surface area contributed by atoms with Crippen molar-refractivity contribution in [2.24, 2.45) is 0 Å². The van der Waals surface area contributed by atoms with Gasteiger partial charge in [-0.15, -0.1) is 0 Å². The lowest BCUT2D eigenvalue weighted by Crippen LogP contribution is -2.49. The number of rotatable bonds is 14. The topological polar surface area (TPSA) is 72.1 Å². The van der Waals surface area contributed by atoms with Crippen LogP contribution in [0.15, 0.2) is 97.1 Å². The van der Waals surface area contributed by atoms with E-state index in [0.29, 0.717) is 35.8 Å². The Morgan fingerprint density at radius 2 is 1.24 bits per heavy atom. The van der Waals surface area contributed by atoms with E-state index in [4.69, 9.17) is 14.2 Å². The third-order valence-electron chi connectivity index (χ3n) is 8.41. The average Bonchev–Trinajstić information content (AvgIpc) is 3.07. The van der Waals surface area contributed by atoms with E-state index in [0.717, 1.165) is 18.5 Å².